The third kappa shape index (κ3) is 13.1. The Hall–Kier alpha value is -1.38. The van der Waals surface area contributed by atoms with Crippen LogP contribution in [0.5, 0.6) is 0 Å². The normalized spacial score (nSPS) is 12.8. The van der Waals surface area contributed by atoms with Crippen LogP contribution in [0.2, 0.25) is 0 Å². The number of carbonyl (C=O) groups is 2. The lowest BCUT2D eigenvalue weighted by Gasteiger charge is -2.10. The highest BCUT2D eigenvalue weighted by Crippen LogP contribution is 2.14. The minimum absolute atomic E-state index is 0.0902. The fourth-order valence-corrected chi connectivity index (χ4v) is 2.61. The average Bonchev–Trinajstić information content (AvgIpc) is 2.57. The molecule has 0 aromatic rings. The maximum atomic E-state index is 11.5. The Morgan fingerprint density at radius 2 is 1.46 bits per heavy atom. The zero-order valence-corrected chi connectivity index (χ0v) is 15.9. The number of carbonyl (C=O) groups excluding carboxylic acids is 2. The van der Waals surface area contributed by atoms with Crippen LogP contribution in [0.3, 0.4) is 0 Å². The number of esters is 1. The lowest BCUT2D eigenvalue weighted by atomic mass is 9.97. The first-order valence-electron chi connectivity index (χ1n) is 9.51. The molecule has 0 aromatic heterocycles. The van der Waals surface area contributed by atoms with E-state index < -0.39 is 11.9 Å². The largest absolute Gasteiger partial charge is 0.468 e. The minimum Gasteiger partial charge on any atom is -0.468 e. The van der Waals surface area contributed by atoms with Crippen LogP contribution >= 0.6 is 0 Å². The molecule has 0 N–H and O–H groups in total. The quantitative estimate of drug-likeness (QED) is 0.164. The van der Waals surface area contributed by atoms with E-state index in [1.54, 1.807) is 0 Å². The molecule has 0 aliphatic heterocycles. The Bertz CT molecular complexity index is 383. The highest BCUT2D eigenvalue weighted by molar-refractivity contribution is 5.97. The zero-order valence-electron chi connectivity index (χ0n) is 15.9. The first kappa shape index (κ1) is 22.6. The number of hydrogen-bond donors (Lipinski definition) is 0. The number of hydrogen-bond acceptors (Lipinski definition) is 3. The molecule has 0 radical (unpaired) electrons. The van der Waals surface area contributed by atoms with Gasteiger partial charge in [0.15, 0.2) is 0 Å². The van der Waals surface area contributed by atoms with Gasteiger partial charge in [0.1, 0.15) is 11.7 Å². The second-order valence-electron chi connectivity index (χ2n) is 6.35. The molecule has 0 amide bonds. The standard InChI is InChI=1S/C21H36O3/c1-4-5-6-7-8-9-10-11-12-13-14-15-16-17-18-20(19(2)22)21(23)24-3/h8-9,11-12,20H,4-7,10,13-18H2,1-3H3/b9-8-,12-11-. The number of methoxy groups -OCH3 is 1. The van der Waals surface area contributed by atoms with E-state index >= 15 is 0 Å². The molecule has 138 valence electrons. The monoisotopic (exact) mass is 336 g/mol. The highest BCUT2D eigenvalue weighted by atomic mass is 16.5. The van der Waals surface area contributed by atoms with Gasteiger partial charge in [-0.3, -0.25) is 9.59 Å². The van der Waals surface area contributed by atoms with Gasteiger partial charge in [0.2, 0.25) is 0 Å². The molecule has 0 rings (SSSR count). The summed E-state index contributed by atoms with van der Waals surface area (Å²) < 4.78 is 4.67. The van der Waals surface area contributed by atoms with Crippen molar-refractivity contribution < 1.29 is 14.3 Å². The smallest absolute Gasteiger partial charge is 0.316 e. The summed E-state index contributed by atoms with van der Waals surface area (Å²) in [6, 6.07) is 0. The molecule has 0 saturated carbocycles. The van der Waals surface area contributed by atoms with Gasteiger partial charge in [0.05, 0.1) is 7.11 Å². The van der Waals surface area contributed by atoms with E-state index in [1.165, 1.54) is 46.1 Å². The van der Waals surface area contributed by atoms with Gasteiger partial charge < -0.3 is 4.74 Å². The van der Waals surface area contributed by atoms with E-state index in [4.69, 9.17) is 0 Å². The van der Waals surface area contributed by atoms with Crippen LogP contribution in [-0.4, -0.2) is 18.9 Å². The predicted molar refractivity (Wildman–Crippen MR) is 101 cm³/mol. The fraction of sp³-hybridized carbons (Fsp3) is 0.714. The molecule has 3 heteroatoms. The third-order valence-corrected chi connectivity index (χ3v) is 4.17. The topological polar surface area (TPSA) is 43.4 Å². The first-order valence-corrected chi connectivity index (χ1v) is 9.51. The highest BCUT2D eigenvalue weighted by Gasteiger charge is 2.23. The van der Waals surface area contributed by atoms with E-state index in [0.29, 0.717) is 6.42 Å². The van der Waals surface area contributed by atoms with Crippen molar-refractivity contribution in [3.63, 3.8) is 0 Å². The number of ketones is 1. The number of unbranched alkanes of at least 4 members (excludes halogenated alkanes) is 7. The Morgan fingerprint density at radius 1 is 0.875 bits per heavy atom. The van der Waals surface area contributed by atoms with Crippen LogP contribution in [0.15, 0.2) is 24.3 Å². The van der Waals surface area contributed by atoms with Crippen molar-refractivity contribution in [1.29, 1.82) is 0 Å². The molecule has 24 heavy (non-hydrogen) atoms. The summed E-state index contributed by atoms with van der Waals surface area (Å²) >= 11 is 0. The third-order valence-electron chi connectivity index (χ3n) is 4.17. The minimum atomic E-state index is -0.570. The Morgan fingerprint density at radius 3 is 2.00 bits per heavy atom. The fourth-order valence-electron chi connectivity index (χ4n) is 2.61. The van der Waals surface area contributed by atoms with Crippen LogP contribution in [0, 0.1) is 5.92 Å². The zero-order chi connectivity index (χ0) is 18.0. The van der Waals surface area contributed by atoms with Gasteiger partial charge in [-0.25, -0.2) is 0 Å². The van der Waals surface area contributed by atoms with Crippen LogP contribution in [0.1, 0.15) is 84.5 Å². The van der Waals surface area contributed by atoms with Crippen molar-refractivity contribution in [2.24, 2.45) is 5.92 Å². The molecular weight excluding hydrogens is 300 g/mol. The van der Waals surface area contributed by atoms with Gasteiger partial charge in [-0.1, -0.05) is 63.3 Å². The summed E-state index contributed by atoms with van der Waals surface area (Å²) in [5.41, 5.74) is 0. The lowest BCUT2D eigenvalue weighted by molar-refractivity contribution is -0.149. The second kappa shape index (κ2) is 16.5. The molecule has 1 atom stereocenters. The van der Waals surface area contributed by atoms with E-state index in [-0.39, 0.29) is 5.78 Å². The molecule has 3 nitrogen and oxygen atoms in total. The Kier molecular flexibility index (Phi) is 15.5. The molecule has 0 fully saturated rings. The number of rotatable bonds is 15. The molecule has 0 saturated heterocycles. The maximum Gasteiger partial charge on any atom is 0.316 e. The summed E-state index contributed by atoms with van der Waals surface area (Å²) in [6.45, 7) is 3.69. The Labute approximate surface area is 148 Å². The van der Waals surface area contributed by atoms with E-state index in [2.05, 4.69) is 36.0 Å². The van der Waals surface area contributed by atoms with E-state index in [9.17, 15) is 9.59 Å². The molecule has 0 heterocycles. The van der Waals surface area contributed by atoms with Crippen molar-refractivity contribution in [3.05, 3.63) is 24.3 Å². The summed E-state index contributed by atoms with van der Waals surface area (Å²) in [5.74, 6) is -1.06. The van der Waals surface area contributed by atoms with Gasteiger partial charge in [0, 0.05) is 0 Å². The molecule has 0 aliphatic rings. The number of Topliss-reactive ketones (excluding diaryl/α,β-unsaturated/α-hetero) is 1. The van der Waals surface area contributed by atoms with Crippen LogP contribution < -0.4 is 0 Å². The first-order chi connectivity index (χ1) is 11.6. The van der Waals surface area contributed by atoms with E-state index in [1.807, 2.05) is 0 Å². The van der Waals surface area contributed by atoms with Crippen molar-refractivity contribution in [3.8, 4) is 0 Å². The maximum absolute atomic E-state index is 11.5. The molecule has 0 aromatic carbocycles. The Balaban J connectivity index is 3.54. The van der Waals surface area contributed by atoms with Crippen LogP contribution in [-0.2, 0) is 14.3 Å². The van der Waals surface area contributed by atoms with Gasteiger partial charge in [-0.15, -0.1) is 0 Å². The summed E-state index contributed by atoms with van der Waals surface area (Å²) in [7, 11) is 1.34. The van der Waals surface area contributed by atoms with Gasteiger partial charge in [-0.2, -0.15) is 0 Å². The average molecular weight is 337 g/mol. The second-order valence-corrected chi connectivity index (χ2v) is 6.35. The lowest BCUT2D eigenvalue weighted by Crippen LogP contribution is -2.23. The summed E-state index contributed by atoms with van der Waals surface area (Å²) in [5, 5.41) is 0. The predicted octanol–water partition coefficient (Wildman–Crippen LogP) is 5.79. The van der Waals surface area contributed by atoms with Crippen molar-refractivity contribution in [2.45, 2.75) is 84.5 Å². The number of allylic oxidation sites excluding steroid dienone is 4. The molecule has 0 bridgehead atoms. The summed E-state index contributed by atoms with van der Waals surface area (Å²) in [4.78, 5) is 22.9. The summed E-state index contributed by atoms with van der Waals surface area (Å²) in [6.07, 6.45) is 21.2. The molecule has 0 spiro atoms. The van der Waals surface area contributed by atoms with Gasteiger partial charge in [0.25, 0.3) is 0 Å². The van der Waals surface area contributed by atoms with Crippen LogP contribution in [0.25, 0.3) is 0 Å². The van der Waals surface area contributed by atoms with Gasteiger partial charge >= 0.3 is 5.97 Å². The van der Waals surface area contributed by atoms with Crippen molar-refractivity contribution in [1.82, 2.24) is 0 Å². The van der Waals surface area contributed by atoms with E-state index in [0.717, 1.165) is 32.1 Å². The van der Waals surface area contributed by atoms with Crippen molar-refractivity contribution >= 4 is 11.8 Å². The molecular formula is C21H36O3. The van der Waals surface area contributed by atoms with Gasteiger partial charge in [-0.05, 0) is 45.4 Å². The SMILES string of the molecule is CCCCC/C=C\C/C=C\CCCCCCC(C(C)=O)C(=O)OC. The van der Waals surface area contributed by atoms with Crippen LogP contribution in [0.4, 0.5) is 0 Å². The number of ether oxygens (including phenoxy) is 1. The van der Waals surface area contributed by atoms with Crippen molar-refractivity contribution in [2.75, 3.05) is 7.11 Å². The molecule has 1 unspecified atom stereocenters. The molecule has 0 aliphatic carbocycles.